The van der Waals surface area contributed by atoms with Crippen LogP contribution in [0.3, 0.4) is 0 Å². The van der Waals surface area contributed by atoms with E-state index in [2.05, 4.69) is 26.3 Å². The topological polar surface area (TPSA) is 84.2 Å². The molecule has 1 aliphatic heterocycles. The van der Waals surface area contributed by atoms with Crippen LogP contribution in [0.5, 0.6) is 0 Å². The Bertz CT molecular complexity index is 1160. The van der Waals surface area contributed by atoms with Crippen LogP contribution >= 0.6 is 0 Å². The zero-order valence-electron chi connectivity index (χ0n) is 18.1. The zero-order valence-corrected chi connectivity index (χ0v) is 18.1. The summed E-state index contributed by atoms with van der Waals surface area (Å²) in [7, 11) is 0. The maximum absolute atomic E-state index is 12.9. The summed E-state index contributed by atoms with van der Waals surface area (Å²) in [6.45, 7) is 4.50. The molecule has 164 valence electrons. The van der Waals surface area contributed by atoms with Crippen molar-refractivity contribution in [3.63, 3.8) is 0 Å². The third kappa shape index (κ3) is 4.39. The molecule has 1 amide bonds. The molecule has 8 nitrogen and oxygen atoms in total. The van der Waals surface area contributed by atoms with E-state index in [1.165, 1.54) is 23.6 Å². The number of anilines is 1. The Kier molecular flexibility index (Phi) is 5.43. The number of aryl methyl sites for hydroxylation is 1. The van der Waals surface area contributed by atoms with Crippen LogP contribution in [0, 0.1) is 6.92 Å². The van der Waals surface area contributed by atoms with E-state index >= 15 is 0 Å². The molecule has 0 spiro atoms. The van der Waals surface area contributed by atoms with Gasteiger partial charge in [-0.05, 0) is 38.0 Å². The molecule has 3 heterocycles. The number of carbonyl (C=O) groups is 1. The van der Waals surface area contributed by atoms with Crippen molar-refractivity contribution >= 4 is 11.7 Å². The smallest absolute Gasteiger partial charge is 0.267 e. The lowest BCUT2D eigenvalue weighted by Crippen LogP contribution is -2.50. The van der Waals surface area contributed by atoms with E-state index in [9.17, 15) is 9.59 Å². The van der Waals surface area contributed by atoms with Gasteiger partial charge in [0, 0.05) is 43.7 Å². The van der Waals surface area contributed by atoms with Gasteiger partial charge in [0.15, 0.2) is 5.82 Å². The van der Waals surface area contributed by atoms with Gasteiger partial charge in [0.2, 0.25) is 5.91 Å². The van der Waals surface area contributed by atoms with E-state index in [0.29, 0.717) is 37.8 Å². The molecule has 2 fully saturated rings. The van der Waals surface area contributed by atoms with Crippen molar-refractivity contribution in [3.8, 4) is 11.3 Å². The number of hydrogen-bond acceptors (Lipinski definition) is 6. The molecule has 0 bridgehead atoms. The minimum absolute atomic E-state index is 0.0611. The Morgan fingerprint density at radius 2 is 1.69 bits per heavy atom. The number of hydrogen-bond donors (Lipinski definition) is 0. The monoisotopic (exact) mass is 430 g/mol. The molecule has 32 heavy (non-hydrogen) atoms. The highest BCUT2D eigenvalue weighted by molar-refractivity contribution is 5.76. The average molecular weight is 431 g/mol. The third-order valence-electron chi connectivity index (χ3n) is 6.12. The van der Waals surface area contributed by atoms with Gasteiger partial charge in [-0.1, -0.05) is 29.8 Å². The molecule has 5 rings (SSSR count). The van der Waals surface area contributed by atoms with Gasteiger partial charge in [-0.3, -0.25) is 9.59 Å². The summed E-state index contributed by atoms with van der Waals surface area (Å²) < 4.78 is 1.26. The van der Waals surface area contributed by atoms with Crippen molar-refractivity contribution in [1.82, 2.24) is 24.9 Å². The highest BCUT2D eigenvalue weighted by Gasteiger charge is 2.26. The summed E-state index contributed by atoms with van der Waals surface area (Å²) >= 11 is 0. The lowest BCUT2D eigenvalue weighted by Gasteiger charge is -2.35. The summed E-state index contributed by atoms with van der Waals surface area (Å²) in [5.74, 6) is 1.34. The van der Waals surface area contributed by atoms with E-state index in [1.807, 2.05) is 37.3 Å². The maximum atomic E-state index is 12.9. The molecule has 8 heteroatoms. The molecule has 2 aromatic heterocycles. The van der Waals surface area contributed by atoms with Crippen molar-refractivity contribution in [2.45, 2.75) is 32.2 Å². The number of rotatable bonds is 5. The molecule has 1 saturated carbocycles. The summed E-state index contributed by atoms with van der Waals surface area (Å²) in [6, 6.07) is 15.2. The molecule has 0 unspecified atom stereocenters. The van der Waals surface area contributed by atoms with E-state index < -0.39 is 0 Å². The van der Waals surface area contributed by atoms with E-state index in [1.54, 1.807) is 11.0 Å². The molecular weight excluding hydrogens is 404 g/mol. The SMILES string of the molecule is Cc1ccc(-c2ccc(=O)n(CC(=O)N3CCN(c4ccc(C5CC5)nn4)CC3)n2)cc1. The fourth-order valence-corrected chi connectivity index (χ4v) is 3.95. The van der Waals surface area contributed by atoms with Gasteiger partial charge in [-0.15, -0.1) is 5.10 Å². The van der Waals surface area contributed by atoms with Crippen LogP contribution < -0.4 is 10.5 Å². The third-order valence-corrected chi connectivity index (χ3v) is 6.12. The van der Waals surface area contributed by atoms with Crippen molar-refractivity contribution in [3.05, 3.63) is 70.1 Å². The van der Waals surface area contributed by atoms with Crippen molar-refractivity contribution in [1.29, 1.82) is 0 Å². The van der Waals surface area contributed by atoms with Crippen LogP contribution in [0.1, 0.15) is 30.0 Å². The van der Waals surface area contributed by atoms with Crippen LogP contribution in [0.4, 0.5) is 5.82 Å². The van der Waals surface area contributed by atoms with E-state index in [0.717, 1.165) is 22.6 Å². The van der Waals surface area contributed by atoms with Crippen LogP contribution in [0.25, 0.3) is 11.3 Å². The largest absolute Gasteiger partial charge is 0.352 e. The van der Waals surface area contributed by atoms with E-state index in [-0.39, 0.29) is 18.0 Å². The minimum Gasteiger partial charge on any atom is -0.352 e. The second-order valence-corrected chi connectivity index (χ2v) is 8.54. The highest BCUT2D eigenvalue weighted by atomic mass is 16.2. The number of nitrogens with zero attached hydrogens (tertiary/aromatic N) is 6. The lowest BCUT2D eigenvalue weighted by molar-refractivity contribution is -0.132. The summed E-state index contributed by atoms with van der Waals surface area (Å²) in [5, 5.41) is 13.2. The van der Waals surface area contributed by atoms with Crippen LogP contribution in [-0.2, 0) is 11.3 Å². The Morgan fingerprint density at radius 1 is 0.938 bits per heavy atom. The summed E-state index contributed by atoms with van der Waals surface area (Å²) in [5.41, 5.74) is 3.54. The lowest BCUT2D eigenvalue weighted by atomic mass is 10.1. The Hall–Kier alpha value is -3.55. The van der Waals surface area contributed by atoms with Gasteiger partial charge in [0.25, 0.3) is 5.56 Å². The first-order valence-electron chi connectivity index (χ1n) is 11.1. The molecular formula is C24H26N6O2. The Labute approximate surface area is 186 Å². The number of amides is 1. The first kappa shape index (κ1) is 20.4. The molecule has 0 N–H and O–H groups in total. The standard InChI is InChI=1S/C24H26N6O2/c1-17-2-4-19(5-3-17)21-9-11-23(31)30(27-21)16-24(32)29-14-12-28(13-15-29)22-10-8-20(25-26-22)18-6-7-18/h2-5,8-11,18H,6-7,12-16H2,1H3. The maximum Gasteiger partial charge on any atom is 0.267 e. The molecule has 0 atom stereocenters. The van der Waals surface area contributed by atoms with Gasteiger partial charge in [-0.25, -0.2) is 4.68 Å². The molecule has 2 aliphatic rings. The summed E-state index contributed by atoms with van der Waals surface area (Å²) in [6.07, 6.45) is 2.42. The van der Waals surface area contributed by atoms with Gasteiger partial charge < -0.3 is 9.80 Å². The average Bonchev–Trinajstić information content (AvgIpc) is 3.67. The number of piperazine rings is 1. The molecule has 1 aromatic carbocycles. The second-order valence-electron chi connectivity index (χ2n) is 8.54. The van der Waals surface area contributed by atoms with E-state index in [4.69, 9.17) is 0 Å². The highest BCUT2D eigenvalue weighted by Crippen LogP contribution is 2.38. The van der Waals surface area contributed by atoms with Crippen LogP contribution in [0.2, 0.25) is 0 Å². The fourth-order valence-electron chi connectivity index (χ4n) is 3.95. The quantitative estimate of drug-likeness (QED) is 0.617. The number of aromatic nitrogens is 4. The fraction of sp³-hybridized carbons (Fsp3) is 0.375. The number of carbonyl (C=O) groups excluding carboxylic acids is 1. The Balaban J connectivity index is 1.21. The second kappa shape index (κ2) is 8.53. The first-order chi connectivity index (χ1) is 15.6. The molecule has 3 aromatic rings. The number of benzene rings is 1. The minimum atomic E-state index is -0.279. The van der Waals surface area contributed by atoms with Crippen molar-refractivity contribution in [2.24, 2.45) is 0 Å². The van der Waals surface area contributed by atoms with Gasteiger partial charge >= 0.3 is 0 Å². The van der Waals surface area contributed by atoms with Crippen molar-refractivity contribution < 1.29 is 4.79 Å². The summed E-state index contributed by atoms with van der Waals surface area (Å²) in [4.78, 5) is 29.1. The van der Waals surface area contributed by atoms with Gasteiger partial charge in [0.05, 0.1) is 11.4 Å². The van der Waals surface area contributed by atoms with Gasteiger partial charge in [-0.2, -0.15) is 10.2 Å². The predicted molar refractivity (Wildman–Crippen MR) is 121 cm³/mol. The van der Waals surface area contributed by atoms with Crippen LogP contribution in [0.15, 0.2) is 53.3 Å². The molecule has 1 aliphatic carbocycles. The molecule has 0 radical (unpaired) electrons. The normalized spacial score (nSPS) is 16.3. The predicted octanol–water partition coefficient (Wildman–Crippen LogP) is 2.23. The van der Waals surface area contributed by atoms with Crippen molar-refractivity contribution in [2.75, 3.05) is 31.1 Å². The Morgan fingerprint density at radius 3 is 2.34 bits per heavy atom. The van der Waals surface area contributed by atoms with Crippen LogP contribution in [-0.4, -0.2) is 57.0 Å². The molecule has 1 saturated heterocycles. The first-order valence-corrected chi connectivity index (χ1v) is 11.1. The zero-order chi connectivity index (χ0) is 22.1. The van der Waals surface area contributed by atoms with Gasteiger partial charge in [0.1, 0.15) is 6.54 Å².